The number of carbonyl (C=O) groups excluding carboxylic acids is 1. The molecule has 1 aromatic rings. The Kier molecular flexibility index (Phi) is 5.39. The zero-order chi connectivity index (χ0) is 13.4. The molecule has 0 aliphatic heterocycles. The molecule has 0 fully saturated rings. The largest absolute Gasteiger partial charge is 0.463 e. The number of rotatable bonds is 6. The van der Waals surface area contributed by atoms with Gasteiger partial charge in [-0.2, -0.15) is 0 Å². The quantitative estimate of drug-likeness (QED) is 0.598. The molecular formula is C14H19NO3. The molecular weight excluding hydrogens is 230 g/mol. The molecule has 1 rings (SSSR count). The van der Waals surface area contributed by atoms with Crippen LogP contribution in [0.4, 0.5) is 5.69 Å². The highest BCUT2D eigenvalue weighted by Crippen LogP contribution is 2.15. The minimum Gasteiger partial charge on any atom is -0.463 e. The van der Waals surface area contributed by atoms with Crippen LogP contribution in [0.1, 0.15) is 13.8 Å². The fraction of sp³-hybridized carbons (Fsp3) is 0.357. The van der Waals surface area contributed by atoms with Crippen molar-refractivity contribution in [2.75, 3.05) is 18.5 Å². The topological polar surface area (TPSA) is 58.6 Å². The zero-order valence-corrected chi connectivity index (χ0v) is 10.7. The lowest BCUT2D eigenvalue weighted by molar-refractivity contribution is -0.137. The molecule has 0 saturated heterocycles. The van der Waals surface area contributed by atoms with Crippen LogP contribution in [0.25, 0.3) is 0 Å². The van der Waals surface area contributed by atoms with E-state index in [-0.39, 0.29) is 6.61 Å². The van der Waals surface area contributed by atoms with Crippen LogP contribution in [0, 0.1) is 0 Å². The molecule has 0 aromatic heterocycles. The predicted octanol–water partition coefficient (Wildman–Crippen LogP) is 1.97. The van der Waals surface area contributed by atoms with Gasteiger partial charge in [0.1, 0.15) is 0 Å². The highest BCUT2D eigenvalue weighted by atomic mass is 16.5. The highest BCUT2D eigenvalue weighted by molar-refractivity contribution is 5.82. The molecule has 0 amide bonds. The summed E-state index contributed by atoms with van der Waals surface area (Å²) in [6.45, 7) is 3.76. The smallest absolute Gasteiger partial charge is 0.330 e. The summed E-state index contributed by atoms with van der Waals surface area (Å²) in [4.78, 5) is 11.2. The van der Waals surface area contributed by atoms with Crippen molar-refractivity contribution < 1.29 is 14.6 Å². The minimum absolute atomic E-state index is 0.127. The molecule has 4 heteroatoms. The Balaban J connectivity index is 2.70. The van der Waals surface area contributed by atoms with E-state index in [0.29, 0.717) is 6.61 Å². The molecule has 2 N–H and O–H groups in total. The molecule has 0 radical (unpaired) electrons. The Hall–Kier alpha value is -1.81. The van der Waals surface area contributed by atoms with Crippen molar-refractivity contribution in [3.05, 3.63) is 42.5 Å². The van der Waals surface area contributed by atoms with E-state index in [1.165, 1.54) is 6.08 Å². The lowest BCUT2D eigenvalue weighted by Crippen LogP contribution is -2.36. The van der Waals surface area contributed by atoms with Gasteiger partial charge in [0, 0.05) is 11.8 Å². The number of hydrogen-bond acceptors (Lipinski definition) is 4. The third kappa shape index (κ3) is 4.59. The summed E-state index contributed by atoms with van der Waals surface area (Å²) in [5, 5.41) is 12.6. The summed E-state index contributed by atoms with van der Waals surface area (Å²) in [6.07, 6.45) is 2.94. The monoisotopic (exact) mass is 249 g/mol. The predicted molar refractivity (Wildman–Crippen MR) is 71.3 cm³/mol. The van der Waals surface area contributed by atoms with Gasteiger partial charge in [-0.05, 0) is 26.0 Å². The lowest BCUT2D eigenvalue weighted by atomic mass is 10.0. The standard InChI is InChI=1S/C14H19NO3/c1-3-18-13(17)9-10-14(2,11-16)15-12-7-5-4-6-8-12/h4-10,15-16H,3,11H2,1-2H3/b10-9+. The number of hydrogen-bond donors (Lipinski definition) is 2. The van der Waals surface area contributed by atoms with Gasteiger partial charge in [-0.3, -0.25) is 0 Å². The van der Waals surface area contributed by atoms with E-state index >= 15 is 0 Å². The van der Waals surface area contributed by atoms with Crippen LogP contribution in [-0.2, 0) is 9.53 Å². The lowest BCUT2D eigenvalue weighted by Gasteiger charge is -2.26. The number of aliphatic hydroxyl groups is 1. The van der Waals surface area contributed by atoms with Crippen molar-refractivity contribution in [3.8, 4) is 0 Å². The van der Waals surface area contributed by atoms with Gasteiger partial charge in [0.25, 0.3) is 0 Å². The number of nitrogens with one attached hydrogen (secondary N) is 1. The van der Waals surface area contributed by atoms with Crippen molar-refractivity contribution in [2.24, 2.45) is 0 Å². The Morgan fingerprint density at radius 1 is 1.44 bits per heavy atom. The maximum Gasteiger partial charge on any atom is 0.330 e. The Morgan fingerprint density at radius 3 is 2.67 bits per heavy atom. The van der Waals surface area contributed by atoms with E-state index in [2.05, 4.69) is 5.32 Å². The number of anilines is 1. The first kappa shape index (κ1) is 14.3. The Morgan fingerprint density at radius 2 is 2.11 bits per heavy atom. The number of benzene rings is 1. The summed E-state index contributed by atoms with van der Waals surface area (Å²) in [5.74, 6) is -0.410. The van der Waals surface area contributed by atoms with Crippen LogP contribution >= 0.6 is 0 Å². The SMILES string of the molecule is CCOC(=O)/C=C/C(C)(CO)Nc1ccccc1. The third-order valence-corrected chi connectivity index (χ3v) is 2.41. The fourth-order valence-electron chi connectivity index (χ4n) is 1.43. The van der Waals surface area contributed by atoms with E-state index in [9.17, 15) is 9.90 Å². The molecule has 98 valence electrons. The van der Waals surface area contributed by atoms with Gasteiger partial charge in [0.2, 0.25) is 0 Å². The molecule has 0 aliphatic carbocycles. The Bertz CT molecular complexity index is 403. The van der Waals surface area contributed by atoms with E-state index in [1.54, 1.807) is 19.9 Å². The summed E-state index contributed by atoms with van der Waals surface area (Å²) >= 11 is 0. The van der Waals surface area contributed by atoms with Gasteiger partial charge < -0.3 is 15.2 Å². The van der Waals surface area contributed by atoms with E-state index in [4.69, 9.17) is 4.74 Å². The van der Waals surface area contributed by atoms with Crippen LogP contribution < -0.4 is 5.32 Å². The fourth-order valence-corrected chi connectivity index (χ4v) is 1.43. The molecule has 0 aliphatic rings. The van der Waals surface area contributed by atoms with Crippen molar-refractivity contribution in [3.63, 3.8) is 0 Å². The Labute approximate surface area is 107 Å². The van der Waals surface area contributed by atoms with Gasteiger partial charge in [-0.15, -0.1) is 0 Å². The molecule has 0 spiro atoms. The van der Waals surface area contributed by atoms with Gasteiger partial charge in [-0.25, -0.2) is 4.79 Å². The van der Waals surface area contributed by atoms with Crippen LogP contribution in [0.2, 0.25) is 0 Å². The summed E-state index contributed by atoms with van der Waals surface area (Å²) in [5.41, 5.74) is 0.177. The molecule has 18 heavy (non-hydrogen) atoms. The maximum atomic E-state index is 11.2. The van der Waals surface area contributed by atoms with Gasteiger partial charge in [0.15, 0.2) is 0 Å². The van der Waals surface area contributed by atoms with Crippen LogP contribution in [0.5, 0.6) is 0 Å². The van der Waals surface area contributed by atoms with E-state index in [0.717, 1.165) is 5.69 Å². The number of carbonyl (C=O) groups is 1. The molecule has 0 saturated carbocycles. The first-order chi connectivity index (χ1) is 8.59. The van der Waals surface area contributed by atoms with Gasteiger partial charge >= 0.3 is 5.97 Å². The van der Waals surface area contributed by atoms with Crippen molar-refractivity contribution in [2.45, 2.75) is 19.4 Å². The maximum absolute atomic E-state index is 11.2. The average molecular weight is 249 g/mol. The summed E-state index contributed by atoms with van der Waals surface area (Å²) in [6, 6.07) is 9.50. The van der Waals surface area contributed by atoms with Crippen LogP contribution in [-0.4, -0.2) is 29.8 Å². The van der Waals surface area contributed by atoms with Crippen molar-refractivity contribution in [1.82, 2.24) is 0 Å². The van der Waals surface area contributed by atoms with Gasteiger partial charge in [0.05, 0.1) is 18.8 Å². The summed E-state index contributed by atoms with van der Waals surface area (Å²) in [7, 11) is 0. The number of ether oxygens (including phenoxy) is 1. The molecule has 1 aromatic carbocycles. The third-order valence-electron chi connectivity index (χ3n) is 2.41. The van der Waals surface area contributed by atoms with Crippen LogP contribution in [0.3, 0.4) is 0 Å². The average Bonchev–Trinajstić information content (AvgIpc) is 2.38. The number of para-hydroxylation sites is 1. The normalized spacial score (nSPS) is 14.2. The minimum atomic E-state index is -0.700. The molecule has 1 atom stereocenters. The molecule has 0 bridgehead atoms. The van der Waals surface area contributed by atoms with E-state index < -0.39 is 11.5 Å². The highest BCUT2D eigenvalue weighted by Gasteiger charge is 2.19. The van der Waals surface area contributed by atoms with Crippen molar-refractivity contribution in [1.29, 1.82) is 0 Å². The second-order valence-electron chi connectivity index (χ2n) is 4.15. The molecule has 1 unspecified atom stereocenters. The summed E-state index contributed by atoms with van der Waals surface area (Å²) < 4.78 is 4.80. The second-order valence-corrected chi connectivity index (χ2v) is 4.15. The number of aliphatic hydroxyl groups excluding tert-OH is 1. The first-order valence-corrected chi connectivity index (χ1v) is 5.90. The molecule has 0 heterocycles. The molecule has 4 nitrogen and oxygen atoms in total. The zero-order valence-electron chi connectivity index (χ0n) is 10.7. The van der Waals surface area contributed by atoms with E-state index in [1.807, 2.05) is 30.3 Å². The number of esters is 1. The van der Waals surface area contributed by atoms with Gasteiger partial charge in [-0.1, -0.05) is 24.3 Å². The first-order valence-electron chi connectivity index (χ1n) is 5.90. The van der Waals surface area contributed by atoms with Crippen LogP contribution in [0.15, 0.2) is 42.5 Å². The second kappa shape index (κ2) is 6.81. The van der Waals surface area contributed by atoms with Crippen molar-refractivity contribution >= 4 is 11.7 Å².